The Balaban J connectivity index is 2.08. The Morgan fingerprint density at radius 1 is 1.25 bits per heavy atom. The Morgan fingerprint density at radius 2 is 1.83 bits per heavy atom. The fraction of sp³-hybridized carbons (Fsp3) is 0.400. The van der Waals surface area contributed by atoms with Crippen molar-refractivity contribution in [2.24, 2.45) is 5.73 Å². The molecular formula is C10H12FN. The van der Waals surface area contributed by atoms with E-state index in [0.29, 0.717) is 0 Å². The van der Waals surface area contributed by atoms with Gasteiger partial charge in [0.1, 0.15) is 5.82 Å². The van der Waals surface area contributed by atoms with Crippen LogP contribution in [0, 0.1) is 5.82 Å². The van der Waals surface area contributed by atoms with Gasteiger partial charge >= 0.3 is 0 Å². The molecule has 0 bridgehead atoms. The first-order valence-corrected chi connectivity index (χ1v) is 4.21. The van der Waals surface area contributed by atoms with Crippen LogP contribution in [-0.4, -0.2) is 5.54 Å². The van der Waals surface area contributed by atoms with Crippen LogP contribution < -0.4 is 5.73 Å². The van der Waals surface area contributed by atoms with E-state index >= 15 is 0 Å². The van der Waals surface area contributed by atoms with Crippen molar-refractivity contribution < 1.29 is 4.39 Å². The van der Waals surface area contributed by atoms with Gasteiger partial charge in [-0.15, -0.1) is 0 Å². The predicted molar refractivity (Wildman–Crippen MR) is 46.3 cm³/mol. The maximum Gasteiger partial charge on any atom is 0.123 e. The molecule has 0 spiro atoms. The number of hydrogen-bond donors (Lipinski definition) is 1. The summed E-state index contributed by atoms with van der Waals surface area (Å²) in [5.74, 6) is -0.180. The van der Waals surface area contributed by atoms with Gasteiger partial charge in [0.05, 0.1) is 0 Å². The molecule has 0 atom stereocenters. The number of nitrogens with two attached hydrogens (primary N) is 1. The van der Waals surface area contributed by atoms with Crippen molar-refractivity contribution >= 4 is 0 Å². The summed E-state index contributed by atoms with van der Waals surface area (Å²) in [5, 5.41) is 0. The van der Waals surface area contributed by atoms with Crippen molar-refractivity contribution in [1.29, 1.82) is 0 Å². The van der Waals surface area contributed by atoms with Gasteiger partial charge in [0.15, 0.2) is 0 Å². The van der Waals surface area contributed by atoms with Crippen LogP contribution in [0.3, 0.4) is 0 Å². The smallest absolute Gasteiger partial charge is 0.123 e. The van der Waals surface area contributed by atoms with Crippen LogP contribution in [0.4, 0.5) is 4.39 Å². The van der Waals surface area contributed by atoms with E-state index in [1.165, 1.54) is 12.1 Å². The third kappa shape index (κ3) is 1.64. The molecule has 12 heavy (non-hydrogen) atoms. The summed E-state index contributed by atoms with van der Waals surface area (Å²) in [6.45, 7) is 0. The molecule has 2 N–H and O–H groups in total. The number of benzene rings is 1. The minimum absolute atomic E-state index is 0.0256. The van der Waals surface area contributed by atoms with E-state index in [9.17, 15) is 4.39 Å². The van der Waals surface area contributed by atoms with Crippen molar-refractivity contribution in [2.75, 3.05) is 0 Å². The third-order valence-electron chi connectivity index (χ3n) is 2.36. The summed E-state index contributed by atoms with van der Waals surface area (Å²) >= 11 is 0. The molecule has 1 nitrogen and oxygen atoms in total. The zero-order valence-electron chi connectivity index (χ0n) is 6.89. The molecule has 0 radical (unpaired) electrons. The second-order valence-corrected chi connectivity index (χ2v) is 3.67. The standard InChI is InChI=1S/C10H12FN/c11-9-3-1-8(2-4-9)7-10(12)5-6-10/h1-4H,5-7,12H2. The van der Waals surface area contributed by atoms with E-state index < -0.39 is 0 Å². The quantitative estimate of drug-likeness (QED) is 0.711. The average Bonchev–Trinajstić information content (AvgIpc) is 2.74. The number of rotatable bonds is 2. The molecule has 64 valence electrons. The lowest BCUT2D eigenvalue weighted by Gasteiger charge is -2.07. The molecule has 0 aliphatic heterocycles. The van der Waals surface area contributed by atoms with Gasteiger partial charge in [0, 0.05) is 5.54 Å². The zero-order chi connectivity index (χ0) is 8.60. The SMILES string of the molecule is NC1(Cc2ccc(F)cc2)CC1. The first-order valence-electron chi connectivity index (χ1n) is 4.21. The lowest BCUT2D eigenvalue weighted by Crippen LogP contribution is -2.24. The summed E-state index contributed by atoms with van der Waals surface area (Å²) in [5.41, 5.74) is 7.08. The molecule has 0 unspecified atom stereocenters. The van der Waals surface area contributed by atoms with E-state index in [0.717, 1.165) is 24.8 Å². The normalized spacial score (nSPS) is 19.2. The minimum atomic E-state index is -0.180. The fourth-order valence-corrected chi connectivity index (χ4v) is 1.35. The van der Waals surface area contributed by atoms with Gasteiger partial charge in [0.25, 0.3) is 0 Å². The first-order chi connectivity index (χ1) is 5.68. The molecule has 1 saturated carbocycles. The lowest BCUT2D eigenvalue weighted by atomic mass is 10.1. The van der Waals surface area contributed by atoms with Gasteiger partial charge in [-0.25, -0.2) is 4.39 Å². The van der Waals surface area contributed by atoms with Crippen LogP contribution in [0.5, 0.6) is 0 Å². The second kappa shape index (κ2) is 2.56. The highest BCUT2D eigenvalue weighted by atomic mass is 19.1. The summed E-state index contributed by atoms with van der Waals surface area (Å²) < 4.78 is 12.5. The molecule has 0 amide bonds. The summed E-state index contributed by atoms with van der Waals surface area (Å²) in [7, 11) is 0. The van der Waals surface area contributed by atoms with Gasteiger partial charge in [-0.1, -0.05) is 12.1 Å². The Bertz CT molecular complexity index is 274. The van der Waals surface area contributed by atoms with Crippen LogP contribution in [0.2, 0.25) is 0 Å². The molecular weight excluding hydrogens is 153 g/mol. The molecule has 1 aromatic rings. The van der Waals surface area contributed by atoms with Crippen molar-refractivity contribution in [1.82, 2.24) is 0 Å². The highest BCUT2D eigenvalue weighted by molar-refractivity contribution is 5.21. The molecule has 2 heteroatoms. The molecule has 0 heterocycles. The van der Waals surface area contributed by atoms with E-state index in [1.54, 1.807) is 0 Å². The van der Waals surface area contributed by atoms with Gasteiger partial charge in [-0.2, -0.15) is 0 Å². The zero-order valence-corrected chi connectivity index (χ0v) is 6.89. The van der Waals surface area contributed by atoms with E-state index in [4.69, 9.17) is 5.73 Å². The monoisotopic (exact) mass is 165 g/mol. The summed E-state index contributed by atoms with van der Waals surface area (Å²) in [4.78, 5) is 0. The Morgan fingerprint density at radius 3 is 2.33 bits per heavy atom. The molecule has 0 aromatic heterocycles. The molecule has 1 aliphatic carbocycles. The molecule has 2 rings (SSSR count). The number of halogens is 1. The Hall–Kier alpha value is -0.890. The van der Waals surface area contributed by atoms with Crippen LogP contribution in [0.15, 0.2) is 24.3 Å². The Kier molecular flexibility index (Phi) is 1.65. The van der Waals surface area contributed by atoms with Gasteiger partial charge in [-0.3, -0.25) is 0 Å². The predicted octanol–water partition coefficient (Wildman–Crippen LogP) is 1.86. The largest absolute Gasteiger partial charge is 0.325 e. The van der Waals surface area contributed by atoms with Crippen molar-refractivity contribution in [3.8, 4) is 0 Å². The topological polar surface area (TPSA) is 26.0 Å². The van der Waals surface area contributed by atoms with Gasteiger partial charge < -0.3 is 5.73 Å². The maximum absolute atomic E-state index is 12.5. The third-order valence-corrected chi connectivity index (χ3v) is 2.36. The highest BCUT2D eigenvalue weighted by Crippen LogP contribution is 2.35. The summed E-state index contributed by atoms with van der Waals surface area (Å²) in [6, 6.07) is 6.59. The van der Waals surface area contributed by atoms with Crippen molar-refractivity contribution in [3.05, 3.63) is 35.6 Å². The van der Waals surface area contributed by atoms with Gasteiger partial charge in [0.2, 0.25) is 0 Å². The van der Waals surface area contributed by atoms with Crippen molar-refractivity contribution in [2.45, 2.75) is 24.8 Å². The number of hydrogen-bond acceptors (Lipinski definition) is 1. The average molecular weight is 165 g/mol. The molecule has 1 aliphatic rings. The summed E-state index contributed by atoms with van der Waals surface area (Å²) in [6.07, 6.45) is 3.09. The van der Waals surface area contributed by atoms with Crippen LogP contribution in [0.1, 0.15) is 18.4 Å². The second-order valence-electron chi connectivity index (χ2n) is 3.67. The maximum atomic E-state index is 12.5. The van der Waals surface area contributed by atoms with Crippen LogP contribution >= 0.6 is 0 Å². The van der Waals surface area contributed by atoms with Gasteiger partial charge in [-0.05, 0) is 37.0 Å². The molecule has 1 aromatic carbocycles. The van der Waals surface area contributed by atoms with E-state index in [-0.39, 0.29) is 11.4 Å². The van der Waals surface area contributed by atoms with Crippen molar-refractivity contribution in [3.63, 3.8) is 0 Å². The van der Waals surface area contributed by atoms with Crippen LogP contribution in [-0.2, 0) is 6.42 Å². The van der Waals surface area contributed by atoms with Crippen LogP contribution in [0.25, 0.3) is 0 Å². The van der Waals surface area contributed by atoms with E-state index in [1.807, 2.05) is 12.1 Å². The molecule has 1 fully saturated rings. The molecule has 0 saturated heterocycles. The lowest BCUT2D eigenvalue weighted by molar-refractivity contribution is 0.623. The fourth-order valence-electron chi connectivity index (χ4n) is 1.35. The first kappa shape index (κ1) is 7.74. The minimum Gasteiger partial charge on any atom is -0.325 e. The van der Waals surface area contributed by atoms with E-state index in [2.05, 4.69) is 0 Å². The Labute approximate surface area is 71.4 Å². The highest BCUT2D eigenvalue weighted by Gasteiger charge is 2.37.